The molecule has 0 heterocycles. The molecule has 0 unspecified atom stereocenters. The van der Waals surface area contributed by atoms with E-state index >= 15 is 0 Å². The van der Waals surface area contributed by atoms with Crippen molar-refractivity contribution < 1.29 is 0 Å². The zero-order valence-corrected chi connectivity index (χ0v) is 16.3. The molecule has 26 heavy (non-hydrogen) atoms. The maximum Gasteiger partial charge on any atom is 0.0382 e. The van der Waals surface area contributed by atoms with E-state index in [0.29, 0.717) is 0 Å². The van der Waals surface area contributed by atoms with Crippen LogP contribution in [0.2, 0.25) is 0 Å². The lowest BCUT2D eigenvalue weighted by Crippen LogP contribution is -1.96. The third-order valence-electron chi connectivity index (χ3n) is 4.30. The van der Waals surface area contributed by atoms with Crippen molar-refractivity contribution >= 4 is 5.69 Å². The summed E-state index contributed by atoms with van der Waals surface area (Å²) in [6, 6.07) is 19.0. The molecule has 0 bridgehead atoms. The minimum absolute atomic E-state index is 0.938. The summed E-state index contributed by atoms with van der Waals surface area (Å²) in [5.74, 6) is 0. The molecule has 0 atom stereocenters. The van der Waals surface area contributed by atoms with Gasteiger partial charge in [-0.25, -0.2) is 0 Å². The summed E-state index contributed by atoms with van der Waals surface area (Å²) < 4.78 is 0. The number of allylic oxidation sites excluding steroid dienone is 8. The van der Waals surface area contributed by atoms with Gasteiger partial charge < -0.3 is 5.32 Å². The molecular formula is C25H29N. The van der Waals surface area contributed by atoms with Gasteiger partial charge >= 0.3 is 0 Å². The first-order valence-corrected chi connectivity index (χ1v) is 9.18. The largest absolute Gasteiger partial charge is 0.359 e. The van der Waals surface area contributed by atoms with E-state index in [-0.39, 0.29) is 0 Å². The van der Waals surface area contributed by atoms with E-state index in [1.54, 1.807) is 0 Å². The van der Waals surface area contributed by atoms with E-state index in [1.807, 2.05) is 6.07 Å². The number of rotatable bonds is 7. The topological polar surface area (TPSA) is 12.0 Å². The van der Waals surface area contributed by atoms with Gasteiger partial charge in [-0.3, -0.25) is 0 Å². The molecule has 0 saturated heterocycles. The number of hydrogen-bond donors (Lipinski definition) is 1. The van der Waals surface area contributed by atoms with Crippen LogP contribution in [0.25, 0.3) is 11.1 Å². The lowest BCUT2D eigenvalue weighted by molar-refractivity contribution is 1.23. The Kier molecular flexibility index (Phi) is 7.70. The first-order valence-electron chi connectivity index (χ1n) is 9.18. The molecule has 1 nitrogen and oxygen atoms in total. The van der Waals surface area contributed by atoms with Gasteiger partial charge in [-0.15, -0.1) is 0 Å². The standard InChI is InChI=1S/C25H29N/c1-5-20(3)11-10-12-22(6-2)19-21(4)26-25-17-15-24(16-18-25)23-13-8-7-9-14-23/h5-11,13-19,26H,12H2,1-4H3/b11-10-,20-5-,21-19+,22-6-. The van der Waals surface area contributed by atoms with Crippen LogP contribution in [-0.2, 0) is 0 Å². The fourth-order valence-electron chi connectivity index (χ4n) is 2.66. The summed E-state index contributed by atoms with van der Waals surface area (Å²) in [7, 11) is 0. The highest BCUT2D eigenvalue weighted by molar-refractivity contribution is 5.66. The van der Waals surface area contributed by atoms with Gasteiger partial charge in [0.1, 0.15) is 0 Å². The van der Waals surface area contributed by atoms with E-state index in [0.717, 1.165) is 17.8 Å². The zero-order valence-electron chi connectivity index (χ0n) is 16.3. The highest BCUT2D eigenvalue weighted by atomic mass is 14.9. The lowest BCUT2D eigenvalue weighted by atomic mass is 10.1. The molecule has 2 aromatic carbocycles. The van der Waals surface area contributed by atoms with Crippen LogP contribution >= 0.6 is 0 Å². The summed E-state index contributed by atoms with van der Waals surface area (Å²) in [5, 5.41) is 3.48. The second-order valence-electron chi connectivity index (χ2n) is 6.40. The summed E-state index contributed by atoms with van der Waals surface area (Å²) in [5.41, 5.74) is 7.31. The predicted molar refractivity (Wildman–Crippen MR) is 116 cm³/mol. The zero-order chi connectivity index (χ0) is 18.8. The fourth-order valence-corrected chi connectivity index (χ4v) is 2.66. The van der Waals surface area contributed by atoms with Crippen molar-refractivity contribution in [3.63, 3.8) is 0 Å². The molecule has 0 aliphatic rings. The van der Waals surface area contributed by atoms with Crippen LogP contribution in [0.3, 0.4) is 0 Å². The summed E-state index contributed by atoms with van der Waals surface area (Å²) >= 11 is 0. The Morgan fingerprint density at radius 2 is 1.50 bits per heavy atom. The molecule has 1 heteroatoms. The lowest BCUT2D eigenvalue weighted by Gasteiger charge is -2.09. The first-order chi connectivity index (χ1) is 12.6. The van der Waals surface area contributed by atoms with Gasteiger partial charge in [0.15, 0.2) is 0 Å². The molecule has 2 aromatic rings. The smallest absolute Gasteiger partial charge is 0.0382 e. The van der Waals surface area contributed by atoms with Crippen LogP contribution in [0.1, 0.15) is 34.1 Å². The van der Waals surface area contributed by atoms with Gasteiger partial charge in [-0.2, -0.15) is 0 Å². The van der Waals surface area contributed by atoms with Gasteiger partial charge in [0, 0.05) is 11.4 Å². The fraction of sp³-hybridized carbons (Fsp3) is 0.200. The molecule has 0 saturated carbocycles. The van der Waals surface area contributed by atoms with Crippen molar-refractivity contribution in [2.24, 2.45) is 0 Å². The van der Waals surface area contributed by atoms with Gasteiger partial charge in [-0.1, -0.05) is 72.3 Å². The second kappa shape index (κ2) is 10.2. The maximum atomic E-state index is 3.48. The van der Waals surface area contributed by atoms with E-state index in [4.69, 9.17) is 0 Å². The number of hydrogen-bond acceptors (Lipinski definition) is 1. The van der Waals surface area contributed by atoms with Crippen LogP contribution < -0.4 is 5.32 Å². The molecule has 0 aliphatic heterocycles. The highest BCUT2D eigenvalue weighted by Gasteiger charge is 1.98. The van der Waals surface area contributed by atoms with Crippen LogP contribution in [0.5, 0.6) is 0 Å². The minimum atomic E-state index is 0.938. The van der Waals surface area contributed by atoms with Crippen LogP contribution in [-0.4, -0.2) is 0 Å². The summed E-state index contributed by atoms with van der Waals surface area (Å²) in [6.45, 7) is 8.38. The van der Waals surface area contributed by atoms with Crippen molar-refractivity contribution in [1.82, 2.24) is 0 Å². The number of nitrogens with one attached hydrogen (secondary N) is 1. The van der Waals surface area contributed by atoms with Gasteiger partial charge in [-0.05, 0) is 69.0 Å². The molecule has 0 radical (unpaired) electrons. The maximum absolute atomic E-state index is 3.48. The number of anilines is 1. The Morgan fingerprint density at radius 1 is 0.846 bits per heavy atom. The number of benzene rings is 2. The third-order valence-corrected chi connectivity index (χ3v) is 4.30. The summed E-state index contributed by atoms with van der Waals surface area (Å²) in [6.07, 6.45) is 11.8. The third kappa shape index (κ3) is 6.25. The molecule has 1 N–H and O–H groups in total. The van der Waals surface area contributed by atoms with Gasteiger partial charge in [0.25, 0.3) is 0 Å². The van der Waals surface area contributed by atoms with Crippen molar-refractivity contribution in [1.29, 1.82) is 0 Å². The Hall–Kier alpha value is -2.80. The monoisotopic (exact) mass is 343 g/mol. The van der Waals surface area contributed by atoms with Crippen molar-refractivity contribution in [2.45, 2.75) is 34.1 Å². The van der Waals surface area contributed by atoms with Crippen molar-refractivity contribution in [3.05, 3.63) is 102 Å². The quantitative estimate of drug-likeness (QED) is 0.512. The Bertz CT molecular complexity index is 803. The molecule has 0 fully saturated rings. The van der Waals surface area contributed by atoms with Crippen LogP contribution in [0.4, 0.5) is 5.69 Å². The Labute approximate surface area is 158 Å². The van der Waals surface area contributed by atoms with E-state index in [1.165, 1.54) is 22.3 Å². The normalized spacial score (nSPS) is 13.3. The van der Waals surface area contributed by atoms with Gasteiger partial charge in [0.2, 0.25) is 0 Å². The Balaban J connectivity index is 2.00. The average molecular weight is 344 g/mol. The highest BCUT2D eigenvalue weighted by Crippen LogP contribution is 2.22. The first kappa shape index (κ1) is 19.5. The molecule has 0 spiro atoms. The van der Waals surface area contributed by atoms with E-state index in [9.17, 15) is 0 Å². The molecule has 0 aromatic heterocycles. The summed E-state index contributed by atoms with van der Waals surface area (Å²) in [4.78, 5) is 0. The van der Waals surface area contributed by atoms with Crippen molar-refractivity contribution in [3.8, 4) is 11.1 Å². The molecule has 0 amide bonds. The average Bonchev–Trinajstić information content (AvgIpc) is 2.68. The minimum Gasteiger partial charge on any atom is -0.359 e. The SMILES string of the molecule is C/C=C(C)\C=C/CC(=C/C)/C=C(\C)Nc1ccc(-c2ccccc2)cc1. The Morgan fingerprint density at radius 3 is 2.12 bits per heavy atom. The molecular weight excluding hydrogens is 314 g/mol. The second-order valence-corrected chi connectivity index (χ2v) is 6.40. The van der Waals surface area contributed by atoms with E-state index < -0.39 is 0 Å². The molecule has 134 valence electrons. The molecule has 0 aliphatic carbocycles. The van der Waals surface area contributed by atoms with Crippen LogP contribution in [0.15, 0.2) is 102 Å². The van der Waals surface area contributed by atoms with E-state index in [2.05, 4.69) is 112 Å². The van der Waals surface area contributed by atoms with Crippen molar-refractivity contribution in [2.75, 3.05) is 5.32 Å². The predicted octanol–water partition coefficient (Wildman–Crippen LogP) is 7.53. The molecule has 2 rings (SSSR count). The van der Waals surface area contributed by atoms with Crippen LogP contribution in [0, 0.1) is 0 Å². The van der Waals surface area contributed by atoms with Gasteiger partial charge in [0.05, 0.1) is 0 Å².